The summed E-state index contributed by atoms with van der Waals surface area (Å²) in [5, 5.41) is 11.5. The van der Waals surface area contributed by atoms with Crippen molar-refractivity contribution in [3.8, 4) is 0 Å². The monoisotopic (exact) mass is 236 g/mol. The summed E-state index contributed by atoms with van der Waals surface area (Å²) >= 11 is 0. The Hall–Kier alpha value is -1.39. The van der Waals surface area contributed by atoms with E-state index in [2.05, 4.69) is 5.32 Å². The van der Waals surface area contributed by atoms with Crippen LogP contribution in [0, 0.1) is 0 Å². The Balaban J connectivity index is 2.33. The summed E-state index contributed by atoms with van der Waals surface area (Å²) < 4.78 is 0. The second-order valence-electron chi connectivity index (χ2n) is 4.21. The molecule has 0 saturated carbocycles. The van der Waals surface area contributed by atoms with E-state index in [0.717, 1.165) is 5.56 Å². The predicted octanol–water partition coefficient (Wildman–Crippen LogP) is 0.964. The zero-order chi connectivity index (χ0) is 12.7. The molecule has 0 spiro atoms. The Morgan fingerprint density at radius 2 is 2.06 bits per heavy atom. The molecular formula is C13H20N2O2. The van der Waals surface area contributed by atoms with Crippen LogP contribution in [0.25, 0.3) is 0 Å². The molecular weight excluding hydrogens is 216 g/mol. The fourth-order valence-electron chi connectivity index (χ4n) is 1.55. The van der Waals surface area contributed by atoms with Crippen molar-refractivity contribution < 1.29 is 9.90 Å². The van der Waals surface area contributed by atoms with E-state index >= 15 is 0 Å². The maximum atomic E-state index is 11.5. The number of hydrogen-bond acceptors (Lipinski definition) is 3. The van der Waals surface area contributed by atoms with Crippen molar-refractivity contribution in [3.05, 3.63) is 35.9 Å². The van der Waals surface area contributed by atoms with E-state index in [1.54, 1.807) is 6.92 Å². The topological polar surface area (TPSA) is 75.3 Å². The van der Waals surface area contributed by atoms with Gasteiger partial charge in [0.2, 0.25) is 5.91 Å². The molecule has 0 fully saturated rings. The lowest BCUT2D eigenvalue weighted by Crippen LogP contribution is -2.35. The Morgan fingerprint density at radius 3 is 2.65 bits per heavy atom. The standard InChI is InChI=1S/C13H20N2O2/c1-10(9-16)15-13(17)8-7-12(14)11-5-3-2-4-6-11/h2-6,10,12,16H,7-9,14H2,1H3,(H,15,17). The summed E-state index contributed by atoms with van der Waals surface area (Å²) in [4.78, 5) is 11.5. The van der Waals surface area contributed by atoms with Gasteiger partial charge in [0.15, 0.2) is 0 Å². The molecule has 94 valence electrons. The summed E-state index contributed by atoms with van der Waals surface area (Å²) in [6, 6.07) is 9.40. The second-order valence-corrected chi connectivity index (χ2v) is 4.21. The highest BCUT2D eigenvalue weighted by atomic mass is 16.3. The first-order valence-electron chi connectivity index (χ1n) is 5.84. The third-order valence-corrected chi connectivity index (χ3v) is 2.59. The number of nitrogens with one attached hydrogen (secondary N) is 1. The van der Waals surface area contributed by atoms with Crippen LogP contribution >= 0.6 is 0 Å². The van der Waals surface area contributed by atoms with Gasteiger partial charge in [-0.15, -0.1) is 0 Å². The minimum Gasteiger partial charge on any atom is -0.394 e. The molecule has 0 aliphatic rings. The number of amides is 1. The molecule has 0 aliphatic heterocycles. The molecule has 1 amide bonds. The van der Waals surface area contributed by atoms with Gasteiger partial charge in [0, 0.05) is 18.5 Å². The van der Waals surface area contributed by atoms with E-state index < -0.39 is 0 Å². The molecule has 0 saturated heterocycles. The Kier molecular flexibility index (Phi) is 5.66. The Labute approximate surface area is 102 Å². The predicted molar refractivity (Wildman–Crippen MR) is 67.3 cm³/mol. The van der Waals surface area contributed by atoms with E-state index in [4.69, 9.17) is 10.8 Å². The first-order valence-corrected chi connectivity index (χ1v) is 5.84. The average molecular weight is 236 g/mol. The summed E-state index contributed by atoms with van der Waals surface area (Å²) in [7, 11) is 0. The van der Waals surface area contributed by atoms with Gasteiger partial charge in [0.25, 0.3) is 0 Å². The maximum Gasteiger partial charge on any atom is 0.220 e. The average Bonchev–Trinajstić information content (AvgIpc) is 2.36. The first-order chi connectivity index (χ1) is 8.13. The van der Waals surface area contributed by atoms with Gasteiger partial charge in [-0.3, -0.25) is 4.79 Å². The van der Waals surface area contributed by atoms with E-state index in [1.807, 2.05) is 30.3 Å². The van der Waals surface area contributed by atoms with Crippen molar-refractivity contribution in [1.82, 2.24) is 5.32 Å². The van der Waals surface area contributed by atoms with Crippen molar-refractivity contribution in [2.75, 3.05) is 6.61 Å². The molecule has 1 aromatic carbocycles. The van der Waals surface area contributed by atoms with Crippen LogP contribution in [0.2, 0.25) is 0 Å². The Morgan fingerprint density at radius 1 is 1.41 bits per heavy atom. The number of rotatable bonds is 6. The van der Waals surface area contributed by atoms with Crippen molar-refractivity contribution in [2.24, 2.45) is 5.73 Å². The van der Waals surface area contributed by atoms with Crippen LogP contribution in [-0.2, 0) is 4.79 Å². The molecule has 1 rings (SSSR count). The molecule has 17 heavy (non-hydrogen) atoms. The van der Waals surface area contributed by atoms with Crippen LogP contribution < -0.4 is 11.1 Å². The molecule has 0 bridgehead atoms. The van der Waals surface area contributed by atoms with Crippen LogP contribution in [0.1, 0.15) is 31.4 Å². The molecule has 4 heteroatoms. The van der Waals surface area contributed by atoms with E-state index in [9.17, 15) is 4.79 Å². The third kappa shape index (κ3) is 4.97. The number of benzene rings is 1. The van der Waals surface area contributed by atoms with Crippen molar-refractivity contribution >= 4 is 5.91 Å². The lowest BCUT2D eigenvalue weighted by atomic mass is 10.0. The van der Waals surface area contributed by atoms with Gasteiger partial charge < -0.3 is 16.2 Å². The zero-order valence-electron chi connectivity index (χ0n) is 10.1. The molecule has 0 heterocycles. The number of aliphatic hydroxyl groups is 1. The number of aliphatic hydroxyl groups excluding tert-OH is 1. The van der Waals surface area contributed by atoms with Crippen LogP contribution in [0.15, 0.2) is 30.3 Å². The summed E-state index contributed by atoms with van der Waals surface area (Å²) in [5.74, 6) is -0.0714. The van der Waals surface area contributed by atoms with Gasteiger partial charge in [-0.1, -0.05) is 30.3 Å². The SMILES string of the molecule is CC(CO)NC(=O)CCC(N)c1ccccc1. The molecule has 1 aromatic rings. The van der Waals surface area contributed by atoms with Gasteiger partial charge in [-0.25, -0.2) is 0 Å². The Bertz CT molecular complexity index is 341. The number of hydrogen-bond donors (Lipinski definition) is 3. The quantitative estimate of drug-likeness (QED) is 0.688. The lowest BCUT2D eigenvalue weighted by molar-refractivity contribution is -0.122. The highest BCUT2D eigenvalue weighted by molar-refractivity contribution is 5.76. The fourth-order valence-corrected chi connectivity index (χ4v) is 1.55. The van der Waals surface area contributed by atoms with Crippen LogP contribution in [0.5, 0.6) is 0 Å². The second kappa shape index (κ2) is 7.04. The molecule has 0 aromatic heterocycles. The van der Waals surface area contributed by atoms with Crippen LogP contribution in [0.3, 0.4) is 0 Å². The largest absolute Gasteiger partial charge is 0.394 e. The van der Waals surface area contributed by atoms with Crippen LogP contribution in [-0.4, -0.2) is 23.7 Å². The first kappa shape index (κ1) is 13.7. The maximum absolute atomic E-state index is 11.5. The van der Waals surface area contributed by atoms with Gasteiger partial charge in [0.1, 0.15) is 0 Å². The number of carbonyl (C=O) groups excluding carboxylic acids is 1. The van der Waals surface area contributed by atoms with Crippen molar-refractivity contribution in [1.29, 1.82) is 0 Å². The minimum absolute atomic E-state index is 0.0452. The molecule has 0 radical (unpaired) electrons. The van der Waals surface area contributed by atoms with Crippen molar-refractivity contribution in [2.45, 2.75) is 31.8 Å². The van der Waals surface area contributed by atoms with Crippen LogP contribution in [0.4, 0.5) is 0 Å². The smallest absolute Gasteiger partial charge is 0.220 e. The highest BCUT2D eigenvalue weighted by Crippen LogP contribution is 2.14. The molecule has 4 nitrogen and oxygen atoms in total. The third-order valence-electron chi connectivity index (χ3n) is 2.59. The minimum atomic E-state index is -0.199. The van der Waals surface area contributed by atoms with Gasteiger partial charge >= 0.3 is 0 Å². The van der Waals surface area contributed by atoms with E-state index in [0.29, 0.717) is 12.8 Å². The molecule has 4 N–H and O–H groups in total. The molecule has 2 atom stereocenters. The molecule has 0 aliphatic carbocycles. The zero-order valence-corrected chi connectivity index (χ0v) is 10.1. The normalized spacial score (nSPS) is 14.1. The lowest BCUT2D eigenvalue weighted by Gasteiger charge is -2.14. The fraction of sp³-hybridized carbons (Fsp3) is 0.462. The summed E-state index contributed by atoms with van der Waals surface area (Å²) in [6.45, 7) is 1.71. The van der Waals surface area contributed by atoms with E-state index in [1.165, 1.54) is 0 Å². The number of carbonyl (C=O) groups is 1. The highest BCUT2D eigenvalue weighted by Gasteiger charge is 2.10. The molecule has 2 unspecified atom stereocenters. The van der Waals surface area contributed by atoms with Gasteiger partial charge in [-0.2, -0.15) is 0 Å². The summed E-state index contributed by atoms with van der Waals surface area (Å²) in [5.41, 5.74) is 7.01. The van der Waals surface area contributed by atoms with Gasteiger partial charge in [-0.05, 0) is 18.9 Å². The van der Waals surface area contributed by atoms with E-state index in [-0.39, 0.29) is 24.6 Å². The number of nitrogens with two attached hydrogens (primary N) is 1. The van der Waals surface area contributed by atoms with Crippen molar-refractivity contribution in [3.63, 3.8) is 0 Å². The summed E-state index contributed by atoms with van der Waals surface area (Å²) in [6.07, 6.45) is 0.981. The van der Waals surface area contributed by atoms with Gasteiger partial charge in [0.05, 0.1) is 6.61 Å².